The molecule has 3 N–H and O–H groups in total. The summed E-state index contributed by atoms with van der Waals surface area (Å²) in [6, 6.07) is 4.95. The number of halogens is 2. The van der Waals surface area contributed by atoms with Gasteiger partial charge in [0.25, 0.3) is 0 Å². The van der Waals surface area contributed by atoms with E-state index in [-0.39, 0.29) is 25.5 Å². The van der Waals surface area contributed by atoms with Gasteiger partial charge in [-0.15, -0.1) is 0 Å². The second-order valence-electron chi connectivity index (χ2n) is 4.47. The van der Waals surface area contributed by atoms with E-state index in [9.17, 15) is 15.0 Å². The van der Waals surface area contributed by atoms with E-state index in [1.54, 1.807) is 23.1 Å². The molecule has 0 aliphatic carbocycles. The highest BCUT2D eigenvalue weighted by atomic mass is 35.5. The van der Waals surface area contributed by atoms with Gasteiger partial charge in [0.05, 0.1) is 34.5 Å². The molecule has 0 aromatic heterocycles. The maximum absolute atomic E-state index is 11.9. The summed E-state index contributed by atoms with van der Waals surface area (Å²) in [5.74, 6) is -0.295. The van der Waals surface area contributed by atoms with E-state index in [0.29, 0.717) is 15.7 Å². The Bertz CT molecular complexity index is 454. The van der Waals surface area contributed by atoms with Gasteiger partial charge >= 0.3 is 0 Å². The molecule has 7 heteroatoms. The monoisotopic (exact) mass is 304 g/mol. The molecule has 0 bridgehead atoms. The number of aliphatic hydroxyl groups is 2. The van der Waals surface area contributed by atoms with E-state index in [0.717, 1.165) is 0 Å². The molecule has 1 aliphatic heterocycles. The number of likely N-dealkylation sites (tertiary alicyclic amines) is 1. The number of aliphatic hydroxyl groups excluding tert-OH is 2. The number of hydrogen-bond acceptors (Lipinski definition) is 4. The topological polar surface area (TPSA) is 72.8 Å². The molecular formula is C12H14Cl2N2O3. The van der Waals surface area contributed by atoms with Gasteiger partial charge in [0.15, 0.2) is 0 Å². The molecule has 1 heterocycles. The molecule has 0 spiro atoms. The summed E-state index contributed by atoms with van der Waals surface area (Å²) in [4.78, 5) is 13.5. The lowest BCUT2D eigenvalue weighted by atomic mass is 10.3. The van der Waals surface area contributed by atoms with E-state index in [4.69, 9.17) is 23.2 Å². The predicted octanol–water partition coefficient (Wildman–Crippen LogP) is 0.969. The summed E-state index contributed by atoms with van der Waals surface area (Å²) >= 11 is 11.9. The first-order chi connectivity index (χ1) is 8.97. The van der Waals surface area contributed by atoms with Crippen molar-refractivity contribution >= 4 is 34.8 Å². The Kier molecular flexibility index (Phi) is 4.65. The molecule has 1 amide bonds. The first-order valence-electron chi connectivity index (χ1n) is 5.79. The molecule has 19 heavy (non-hydrogen) atoms. The SMILES string of the molecule is O=C(CN1C[C@@H](O)[C@@H](O)C1)Nc1c(Cl)cccc1Cl. The van der Waals surface area contributed by atoms with Crippen LogP contribution in [0.2, 0.25) is 10.0 Å². The van der Waals surface area contributed by atoms with Crippen LogP contribution in [0.25, 0.3) is 0 Å². The van der Waals surface area contributed by atoms with Crippen LogP contribution in [0.15, 0.2) is 18.2 Å². The zero-order chi connectivity index (χ0) is 14.0. The summed E-state index contributed by atoms with van der Waals surface area (Å²) in [6.45, 7) is 0.603. The maximum Gasteiger partial charge on any atom is 0.238 e. The minimum absolute atomic E-state index is 0.0652. The molecule has 2 rings (SSSR count). The van der Waals surface area contributed by atoms with Gasteiger partial charge in [-0.25, -0.2) is 0 Å². The van der Waals surface area contributed by atoms with Crippen LogP contribution in [0.5, 0.6) is 0 Å². The number of nitrogens with zero attached hydrogens (tertiary/aromatic N) is 1. The van der Waals surface area contributed by atoms with Crippen LogP contribution >= 0.6 is 23.2 Å². The molecule has 1 aliphatic rings. The minimum atomic E-state index is -0.809. The van der Waals surface area contributed by atoms with Crippen molar-refractivity contribution in [1.29, 1.82) is 0 Å². The molecule has 2 atom stereocenters. The summed E-state index contributed by atoms with van der Waals surface area (Å²) in [7, 11) is 0. The number of amides is 1. The molecule has 0 unspecified atom stereocenters. The Labute approximate surface area is 120 Å². The number of rotatable bonds is 3. The lowest BCUT2D eigenvalue weighted by Crippen LogP contribution is -2.32. The van der Waals surface area contributed by atoms with Gasteiger partial charge in [-0.2, -0.15) is 0 Å². The second kappa shape index (κ2) is 6.07. The van der Waals surface area contributed by atoms with Crippen LogP contribution < -0.4 is 5.32 Å². The standard InChI is InChI=1S/C12H14Cl2N2O3/c13-7-2-1-3-8(14)12(7)15-11(19)6-16-4-9(17)10(18)5-16/h1-3,9-10,17-18H,4-6H2,(H,15,19)/t9-,10+. The largest absolute Gasteiger partial charge is 0.389 e. The first kappa shape index (κ1) is 14.6. The van der Waals surface area contributed by atoms with Crippen LogP contribution in [-0.4, -0.2) is 52.9 Å². The zero-order valence-electron chi connectivity index (χ0n) is 10.0. The van der Waals surface area contributed by atoms with E-state index >= 15 is 0 Å². The average Bonchev–Trinajstić information content (AvgIpc) is 2.63. The van der Waals surface area contributed by atoms with Crippen molar-refractivity contribution < 1.29 is 15.0 Å². The summed E-state index contributed by atoms with van der Waals surface area (Å²) in [5.41, 5.74) is 0.371. The highest BCUT2D eigenvalue weighted by molar-refractivity contribution is 6.39. The Hall–Kier alpha value is -0.850. The quantitative estimate of drug-likeness (QED) is 0.778. The van der Waals surface area contributed by atoms with Crippen LogP contribution in [0.3, 0.4) is 0 Å². The molecule has 104 valence electrons. The van der Waals surface area contributed by atoms with Gasteiger partial charge in [0.2, 0.25) is 5.91 Å². The maximum atomic E-state index is 11.9. The fourth-order valence-corrected chi connectivity index (χ4v) is 2.47. The molecule has 1 aromatic rings. The normalized spacial score (nSPS) is 23.6. The van der Waals surface area contributed by atoms with E-state index in [1.807, 2.05) is 0 Å². The fraction of sp³-hybridized carbons (Fsp3) is 0.417. The minimum Gasteiger partial charge on any atom is -0.389 e. The smallest absolute Gasteiger partial charge is 0.238 e. The Balaban J connectivity index is 1.95. The van der Waals surface area contributed by atoms with Crippen LogP contribution in [0.1, 0.15) is 0 Å². The Morgan fingerprint density at radius 1 is 1.26 bits per heavy atom. The zero-order valence-corrected chi connectivity index (χ0v) is 11.5. The van der Waals surface area contributed by atoms with E-state index < -0.39 is 12.2 Å². The van der Waals surface area contributed by atoms with Crippen molar-refractivity contribution in [2.75, 3.05) is 25.0 Å². The molecule has 5 nitrogen and oxygen atoms in total. The average molecular weight is 305 g/mol. The van der Waals surface area contributed by atoms with Crippen LogP contribution in [0.4, 0.5) is 5.69 Å². The number of carbonyl (C=O) groups is 1. The molecule has 0 radical (unpaired) electrons. The lowest BCUT2D eigenvalue weighted by molar-refractivity contribution is -0.117. The second-order valence-corrected chi connectivity index (χ2v) is 5.29. The number of para-hydroxylation sites is 1. The van der Waals surface area contributed by atoms with Gasteiger partial charge < -0.3 is 15.5 Å². The number of nitrogens with one attached hydrogen (secondary N) is 1. The molecule has 1 saturated heterocycles. The van der Waals surface area contributed by atoms with E-state index in [1.165, 1.54) is 0 Å². The van der Waals surface area contributed by atoms with Crippen molar-refractivity contribution in [3.05, 3.63) is 28.2 Å². The fourth-order valence-electron chi connectivity index (χ4n) is 1.98. The summed E-state index contributed by atoms with van der Waals surface area (Å²) < 4.78 is 0. The van der Waals surface area contributed by atoms with Crippen molar-refractivity contribution in [2.24, 2.45) is 0 Å². The number of hydrogen-bond donors (Lipinski definition) is 3. The molecular weight excluding hydrogens is 291 g/mol. The van der Waals surface area contributed by atoms with Crippen LogP contribution in [-0.2, 0) is 4.79 Å². The van der Waals surface area contributed by atoms with E-state index in [2.05, 4.69) is 5.32 Å². The van der Waals surface area contributed by atoms with Gasteiger partial charge in [0.1, 0.15) is 0 Å². The van der Waals surface area contributed by atoms with Gasteiger partial charge in [0, 0.05) is 13.1 Å². The summed E-state index contributed by atoms with van der Waals surface area (Å²) in [6.07, 6.45) is -1.62. The van der Waals surface area contributed by atoms with Crippen LogP contribution in [0, 0.1) is 0 Å². The molecule has 0 saturated carbocycles. The lowest BCUT2D eigenvalue weighted by Gasteiger charge is -2.15. The molecule has 1 fully saturated rings. The van der Waals surface area contributed by atoms with Gasteiger partial charge in [-0.1, -0.05) is 29.3 Å². The van der Waals surface area contributed by atoms with Crippen molar-refractivity contribution in [3.63, 3.8) is 0 Å². The Morgan fingerprint density at radius 3 is 2.32 bits per heavy atom. The Morgan fingerprint density at radius 2 is 1.79 bits per heavy atom. The first-order valence-corrected chi connectivity index (χ1v) is 6.55. The van der Waals surface area contributed by atoms with Gasteiger partial charge in [-0.3, -0.25) is 9.69 Å². The number of β-amino-alcohol motifs (C(OH)–C–C–N with tert-alkyl or cyclic N) is 2. The van der Waals surface area contributed by atoms with Gasteiger partial charge in [-0.05, 0) is 12.1 Å². The third-order valence-electron chi connectivity index (χ3n) is 2.93. The molecule has 1 aromatic carbocycles. The number of carbonyl (C=O) groups excluding carboxylic acids is 1. The highest BCUT2D eigenvalue weighted by Gasteiger charge is 2.30. The van der Waals surface area contributed by atoms with Crippen molar-refractivity contribution in [3.8, 4) is 0 Å². The predicted molar refractivity (Wildman–Crippen MR) is 73.5 cm³/mol. The van der Waals surface area contributed by atoms with Crippen molar-refractivity contribution in [1.82, 2.24) is 4.90 Å². The summed E-state index contributed by atoms with van der Waals surface area (Å²) in [5, 5.41) is 22.1. The highest BCUT2D eigenvalue weighted by Crippen LogP contribution is 2.29. The third kappa shape index (κ3) is 3.58. The number of anilines is 1. The van der Waals surface area contributed by atoms with Crippen molar-refractivity contribution in [2.45, 2.75) is 12.2 Å². The number of benzene rings is 1. The third-order valence-corrected chi connectivity index (χ3v) is 3.56.